The normalized spacial score (nSPS) is 13.5. The molecule has 0 spiro atoms. The van der Waals surface area contributed by atoms with Gasteiger partial charge in [-0.25, -0.2) is 0 Å². The Morgan fingerprint density at radius 2 is 2.08 bits per heavy atom. The maximum atomic E-state index is 6.03. The van der Waals surface area contributed by atoms with Gasteiger partial charge in [0, 0.05) is 22.5 Å². The fraction of sp³-hybridized carbons (Fsp3) is 0.200. The number of nitrogens with one attached hydrogen (secondary N) is 1. The lowest BCUT2D eigenvalue weighted by Gasteiger charge is -2.03. The molecule has 0 bridgehead atoms. The molecule has 0 aliphatic carbocycles. The summed E-state index contributed by atoms with van der Waals surface area (Å²) in [7, 11) is 0. The molecule has 1 atom stereocenters. The molecule has 0 saturated carbocycles. The number of para-hydroxylation sites is 1. The van der Waals surface area contributed by atoms with Crippen molar-refractivity contribution in [1.29, 1.82) is 0 Å². The standard InChI is InChI=1S/C10H11ClN2/c1-6(12)9-7-4-2-3-5-8(7)13-10(9)11/h2-6,13H,12H2,1H3/t6-/m1/s1. The minimum atomic E-state index is -0.0383. The van der Waals surface area contributed by atoms with E-state index in [1.807, 2.05) is 31.2 Å². The largest absolute Gasteiger partial charge is 0.345 e. The van der Waals surface area contributed by atoms with E-state index in [-0.39, 0.29) is 6.04 Å². The van der Waals surface area contributed by atoms with Crippen LogP contribution in [0.15, 0.2) is 24.3 Å². The first-order valence-electron chi connectivity index (χ1n) is 4.22. The number of rotatable bonds is 1. The van der Waals surface area contributed by atoms with E-state index in [2.05, 4.69) is 4.98 Å². The van der Waals surface area contributed by atoms with Gasteiger partial charge >= 0.3 is 0 Å². The maximum Gasteiger partial charge on any atom is 0.112 e. The van der Waals surface area contributed by atoms with E-state index in [1.54, 1.807) is 0 Å². The number of aromatic amines is 1. The van der Waals surface area contributed by atoms with Gasteiger partial charge in [0.2, 0.25) is 0 Å². The van der Waals surface area contributed by atoms with Crippen molar-refractivity contribution >= 4 is 22.5 Å². The monoisotopic (exact) mass is 194 g/mol. The molecule has 3 N–H and O–H groups in total. The smallest absolute Gasteiger partial charge is 0.112 e. The molecule has 1 heterocycles. The van der Waals surface area contributed by atoms with Crippen LogP contribution in [0.2, 0.25) is 5.15 Å². The summed E-state index contributed by atoms with van der Waals surface area (Å²) >= 11 is 6.03. The Morgan fingerprint density at radius 3 is 2.77 bits per heavy atom. The second-order valence-electron chi connectivity index (χ2n) is 3.19. The number of hydrogen-bond acceptors (Lipinski definition) is 1. The highest BCUT2D eigenvalue weighted by Gasteiger charge is 2.11. The molecule has 0 saturated heterocycles. The maximum absolute atomic E-state index is 6.03. The van der Waals surface area contributed by atoms with Crippen LogP contribution in [0.3, 0.4) is 0 Å². The van der Waals surface area contributed by atoms with Crippen LogP contribution < -0.4 is 5.73 Å². The lowest BCUT2D eigenvalue weighted by atomic mass is 10.1. The molecular weight excluding hydrogens is 184 g/mol. The first-order valence-corrected chi connectivity index (χ1v) is 4.59. The number of H-pyrrole nitrogens is 1. The topological polar surface area (TPSA) is 41.8 Å². The van der Waals surface area contributed by atoms with Crippen molar-refractivity contribution in [3.63, 3.8) is 0 Å². The molecule has 2 nitrogen and oxygen atoms in total. The van der Waals surface area contributed by atoms with Crippen LogP contribution in [0.5, 0.6) is 0 Å². The highest BCUT2D eigenvalue weighted by atomic mass is 35.5. The van der Waals surface area contributed by atoms with E-state index in [4.69, 9.17) is 17.3 Å². The van der Waals surface area contributed by atoms with Crippen molar-refractivity contribution in [3.05, 3.63) is 35.0 Å². The SMILES string of the molecule is C[C@@H](N)c1c(Cl)[nH]c2ccccc12. The van der Waals surface area contributed by atoms with Crippen LogP contribution in [0, 0.1) is 0 Å². The van der Waals surface area contributed by atoms with Crippen LogP contribution in [0.4, 0.5) is 0 Å². The average molecular weight is 195 g/mol. The third-order valence-electron chi connectivity index (χ3n) is 2.15. The lowest BCUT2D eigenvalue weighted by Crippen LogP contribution is -2.04. The predicted octanol–water partition coefficient (Wildman–Crippen LogP) is 2.84. The number of aromatic nitrogens is 1. The van der Waals surface area contributed by atoms with Crippen LogP contribution in [-0.4, -0.2) is 4.98 Å². The summed E-state index contributed by atoms with van der Waals surface area (Å²) in [4.78, 5) is 3.09. The molecular formula is C10H11ClN2. The Morgan fingerprint density at radius 1 is 1.38 bits per heavy atom. The summed E-state index contributed by atoms with van der Waals surface area (Å²) in [6.07, 6.45) is 0. The zero-order chi connectivity index (χ0) is 9.42. The van der Waals surface area contributed by atoms with Gasteiger partial charge in [-0.1, -0.05) is 29.8 Å². The minimum Gasteiger partial charge on any atom is -0.345 e. The van der Waals surface area contributed by atoms with Gasteiger partial charge in [0.15, 0.2) is 0 Å². The van der Waals surface area contributed by atoms with Gasteiger partial charge in [-0.05, 0) is 13.0 Å². The van der Waals surface area contributed by atoms with Crippen molar-refractivity contribution in [1.82, 2.24) is 4.98 Å². The van der Waals surface area contributed by atoms with E-state index in [9.17, 15) is 0 Å². The Balaban J connectivity index is 2.78. The molecule has 3 heteroatoms. The molecule has 0 aliphatic heterocycles. The fourth-order valence-electron chi connectivity index (χ4n) is 1.58. The van der Waals surface area contributed by atoms with Gasteiger partial charge < -0.3 is 10.7 Å². The lowest BCUT2D eigenvalue weighted by molar-refractivity contribution is 0.826. The second kappa shape index (κ2) is 3.05. The molecule has 0 aliphatic rings. The summed E-state index contributed by atoms with van der Waals surface area (Å²) in [5.41, 5.74) is 7.86. The molecule has 0 radical (unpaired) electrons. The van der Waals surface area contributed by atoms with Gasteiger partial charge in [-0.3, -0.25) is 0 Å². The Hall–Kier alpha value is -0.990. The zero-order valence-corrected chi connectivity index (χ0v) is 8.10. The summed E-state index contributed by atoms with van der Waals surface area (Å²) in [6, 6.07) is 7.94. The fourth-order valence-corrected chi connectivity index (χ4v) is 1.95. The van der Waals surface area contributed by atoms with Crippen molar-refractivity contribution in [3.8, 4) is 0 Å². The van der Waals surface area contributed by atoms with Crippen molar-refractivity contribution < 1.29 is 0 Å². The van der Waals surface area contributed by atoms with Crippen LogP contribution in [0.1, 0.15) is 18.5 Å². The van der Waals surface area contributed by atoms with Crippen LogP contribution in [-0.2, 0) is 0 Å². The van der Waals surface area contributed by atoms with Crippen molar-refractivity contribution in [2.75, 3.05) is 0 Å². The summed E-state index contributed by atoms with van der Waals surface area (Å²) < 4.78 is 0. The molecule has 0 amide bonds. The quantitative estimate of drug-likeness (QED) is 0.720. The molecule has 68 valence electrons. The Kier molecular flexibility index (Phi) is 2.02. The number of benzene rings is 1. The third-order valence-corrected chi connectivity index (χ3v) is 2.45. The molecule has 1 aromatic heterocycles. The summed E-state index contributed by atoms with van der Waals surface area (Å²) in [5, 5.41) is 1.76. The number of hydrogen-bond donors (Lipinski definition) is 2. The highest BCUT2D eigenvalue weighted by molar-refractivity contribution is 6.31. The van der Waals surface area contributed by atoms with Crippen molar-refractivity contribution in [2.24, 2.45) is 5.73 Å². The summed E-state index contributed by atoms with van der Waals surface area (Å²) in [6.45, 7) is 1.93. The van der Waals surface area contributed by atoms with E-state index in [0.717, 1.165) is 16.5 Å². The minimum absolute atomic E-state index is 0.0383. The van der Waals surface area contributed by atoms with E-state index < -0.39 is 0 Å². The Bertz CT molecular complexity index is 431. The number of nitrogens with two attached hydrogens (primary N) is 1. The van der Waals surface area contributed by atoms with E-state index in [1.165, 1.54) is 0 Å². The first kappa shape index (κ1) is 8.60. The van der Waals surface area contributed by atoms with Crippen LogP contribution in [0.25, 0.3) is 10.9 Å². The zero-order valence-electron chi connectivity index (χ0n) is 7.34. The van der Waals surface area contributed by atoms with Gasteiger partial charge in [0.05, 0.1) is 0 Å². The average Bonchev–Trinajstić information content (AvgIpc) is 2.39. The molecule has 2 rings (SSSR count). The highest BCUT2D eigenvalue weighted by Crippen LogP contribution is 2.29. The van der Waals surface area contributed by atoms with Crippen molar-refractivity contribution in [2.45, 2.75) is 13.0 Å². The van der Waals surface area contributed by atoms with Gasteiger partial charge in [0.1, 0.15) is 5.15 Å². The van der Waals surface area contributed by atoms with Gasteiger partial charge in [0.25, 0.3) is 0 Å². The van der Waals surface area contributed by atoms with E-state index >= 15 is 0 Å². The summed E-state index contributed by atoms with van der Waals surface area (Å²) in [5.74, 6) is 0. The number of fused-ring (bicyclic) bond motifs is 1. The van der Waals surface area contributed by atoms with Gasteiger partial charge in [-0.15, -0.1) is 0 Å². The third kappa shape index (κ3) is 1.32. The van der Waals surface area contributed by atoms with E-state index in [0.29, 0.717) is 5.15 Å². The Labute approximate surface area is 81.7 Å². The molecule has 1 aromatic carbocycles. The number of halogens is 1. The second-order valence-corrected chi connectivity index (χ2v) is 3.56. The van der Waals surface area contributed by atoms with Gasteiger partial charge in [-0.2, -0.15) is 0 Å². The predicted molar refractivity (Wildman–Crippen MR) is 55.9 cm³/mol. The van der Waals surface area contributed by atoms with Crippen LogP contribution >= 0.6 is 11.6 Å². The molecule has 13 heavy (non-hydrogen) atoms. The first-order chi connectivity index (χ1) is 6.20. The molecule has 0 fully saturated rings. The molecule has 0 unspecified atom stereocenters. The molecule has 2 aromatic rings.